The number of aryl methyl sites for hydroxylation is 2. The highest BCUT2D eigenvalue weighted by Crippen LogP contribution is 2.67. The van der Waals surface area contributed by atoms with E-state index in [2.05, 4.69) is 10.3 Å². The van der Waals surface area contributed by atoms with Gasteiger partial charge in [0.2, 0.25) is 0 Å². The van der Waals surface area contributed by atoms with Crippen molar-refractivity contribution in [2.45, 2.75) is 25.2 Å². The van der Waals surface area contributed by atoms with Crippen LogP contribution in [-0.4, -0.2) is 23.6 Å². The summed E-state index contributed by atoms with van der Waals surface area (Å²) in [5.41, 5.74) is 1.86. The number of halogens is 3. The minimum absolute atomic E-state index is 0.00769. The van der Waals surface area contributed by atoms with Crippen LogP contribution in [0, 0.1) is 13.8 Å². The first-order valence-corrected chi connectivity index (χ1v) is 14.5. The third-order valence-electron chi connectivity index (χ3n) is 6.46. The molecule has 0 fully saturated rings. The first-order valence-electron chi connectivity index (χ1n) is 11.7. The molecule has 0 unspecified atom stereocenters. The lowest BCUT2D eigenvalue weighted by molar-refractivity contribution is -0.162. The smallest absolute Gasteiger partial charge is 0.349 e. The summed E-state index contributed by atoms with van der Waals surface area (Å²) >= 11 is 6.28. The minimum atomic E-state index is -4.81. The van der Waals surface area contributed by atoms with Gasteiger partial charge in [0.25, 0.3) is 5.91 Å². The summed E-state index contributed by atoms with van der Waals surface area (Å²) in [6.07, 6.45) is -3.39. The van der Waals surface area contributed by atoms with Gasteiger partial charge in [0, 0.05) is 18.8 Å². The van der Waals surface area contributed by atoms with E-state index in [1.165, 1.54) is 24.4 Å². The maximum atomic E-state index is 15.7. The van der Waals surface area contributed by atoms with Crippen molar-refractivity contribution in [2.24, 2.45) is 0 Å². The van der Waals surface area contributed by atoms with E-state index in [4.69, 9.17) is 11.8 Å². The molecule has 4 aromatic rings. The van der Waals surface area contributed by atoms with Crippen LogP contribution in [0.25, 0.3) is 0 Å². The average molecular weight is 539 g/mol. The summed E-state index contributed by atoms with van der Waals surface area (Å²) in [6.45, 7) is 3.01. The van der Waals surface area contributed by atoms with Gasteiger partial charge in [0.15, 0.2) is 0 Å². The lowest BCUT2D eigenvalue weighted by Crippen LogP contribution is -2.54. The Balaban J connectivity index is 2.02. The first-order chi connectivity index (χ1) is 17.6. The van der Waals surface area contributed by atoms with Crippen molar-refractivity contribution in [3.8, 4) is 0 Å². The topological polar surface area (TPSA) is 42.0 Å². The van der Waals surface area contributed by atoms with E-state index in [9.17, 15) is 4.79 Å². The van der Waals surface area contributed by atoms with Crippen molar-refractivity contribution in [2.75, 3.05) is 6.54 Å². The summed E-state index contributed by atoms with van der Waals surface area (Å²) in [7, 11) is 0. The summed E-state index contributed by atoms with van der Waals surface area (Å²) in [5.74, 6) is -0.695. The molecule has 0 radical (unpaired) electrons. The fourth-order valence-corrected chi connectivity index (χ4v) is 9.49. The van der Waals surface area contributed by atoms with Gasteiger partial charge in [-0.25, -0.2) is 0 Å². The second-order valence-corrected chi connectivity index (χ2v) is 13.6. The number of aromatic nitrogens is 1. The van der Waals surface area contributed by atoms with Crippen LogP contribution in [0.1, 0.15) is 27.2 Å². The zero-order valence-corrected chi connectivity index (χ0v) is 22.1. The highest BCUT2D eigenvalue weighted by molar-refractivity contribution is 8.22. The van der Waals surface area contributed by atoms with Gasteiger partial charge in [0.1, 0.15) is 10.9 Å². The number of amides is 1. The van der Waals surface area contributed by atoms with Crippen molar-refractivity contribution in [1.29, 1.82) is 0 Å². The molecular formula is C29H26F3N2OPS. The number of pyridine rings is 1. The van der Waals surface area contributed by atoms with Crippen LogP contribution in [-0.2, 0) is 17.0 Å². The van der Waals surface area contributed by atoms with Crippen molar-refractivity contribution < 1.29 is 18.0 Å². The molecule has 0 saturated carbocycles. The van der Waals surface area contributed by atoms with E-state index in [0.29, 0.717) is 10.6 Å². The molecule has 8 heteroatoms. The van der Waals surface area contributed by atoms with Crippen molar-refractivity contribution >= 4 is 34.4 Å². The minimum Gasteiger partial charge on any atom is -0.349 e. The third-order valence-corrected chi connectivity index (χ3v) is 12.5. The lowest BCUT2D eigenvalue weighted by atomic mass is 9.97. The summed E-state index contributed by atoms with van der Waals surface area (Å²) in [5, 5.41) is 0.804. The van der Waals surface area contributed by atoms with Gasteiger partial charge in [-0.05, 0) is 42.2 Å². The van der Waals surface area contributed by atoms with Crippen LogP contribution in [0.15, 0.2) is 103 Å². The second kappa shape index (κ2) is 10.6. The number of hydrogen-bond acceptors (Lipinski definition) is 3. The Bertz CT molecular complexity index is 1360. The fraction of sp³-hybridized carbons (Fsp3) is 0.172. The van der Waals surface area contributed by atoms with E-state index in [-0.39, 0.29) is 11.3 Å². The maximum Gasteiger partial charge on any atom is 0.405 e. The quantitative estimate of drug-likeness (QED) is 0.293. The highest BCUT2D eigenvalue weighted by Gasteiger charge is 2.64. The number of carbonyl (C=O) groups excluding carboxylic acids is 1. The fourth-order valence-electron chi connectivity index (χ4n) is 4.45. The van der Waals surface area contributed by atoms with Gasteiger partial charge < -0.3 is 5.32 Å². The molecule has 1 N–H and O–H groups in total. The highest BCUT2D eigenvalue weighted by atomic mass is 32.4. The molecule has 0 aliphatic heterocycles. The molecule has 0 spiro atoms. The molecule has 0 aliphatic carbocycles. The molecule has 3 aromatic carbocycles. The van der Waals surface area contributed by atoms with Gasteiger partial charge >= 0.3 is 6.18 Å². The Kier molecular flexibility index (Phi) is 7.67. The van der Waals surface area contributed by atoms with Crippen molar-refractivity contribution in [1.82, 2.24) is 10.3 Å². The number of hydrogen-bond donors (Lipinski definition) is 1. The van der Waals surface area contributed by atoms with Crippen LogP contribution in [0.4, 0.5) is 13.2 Å². The standard InChI is InChI=1S/C29H26F3N2OPS/c1-21-11-15-24(16-12-21)36(37,25-17-13-22(2)14-18-25)28(29(30,31)32,23-8-4-3-5-9-23)20-34-27(35)26-10-6-7-19-33-26/h3-19H,20H2,1-2H3,(H,34,35)/t28-/m1/s1. The molecule has 190 valence electrons. The van der Waals surface area contributed by atoms with E-state index in [1.54, 1.807) is 78.9 Å². The molecule has 0 saturated heterocycles. The Morgan fingerprint density at radius 1 is 0.811 bits per heavy atom. The number of rotatable bonds is 7. The predicted octanol–water partition coefficient (Wildman–Crippen LogP) is 6.02. The summed E-state index contributed by atoms with van der Waals surface area (Å²) < 4.78 is 47.2. The second-order valence-electron chi connectivity index (χ2n) is 8.90. The molecule has 1 amide bonds. The molecule has 1 heterocycles. The molecular weight excluding hydrogens is 512 g/mol. The van der Waals surface area contributed by atoms with Crippen molar-refractivity contribution in [3.63, 3.8) is 0 Å². The lowest BCUT2D eigenvalue weighted by Gasteiger charge is -2.46. The van der Waals surface area contributed by atoms with Crippen LogP contribution in [0.2, 0.25) is 0 Å². The van der Waals surface area contributed by atoms with E-state index < -0.39 is 29.8 Å². The molecule has 37 heavy (non-hydrogen) atoms. The molecule has 1 aromatic heterocycles. The van der Waals surface area contributed by atoms with E-state index >= 15 is 13.2 Å². The molecule has 0 aliphatic rings. The SMILES string of the molecule is Cc1ccc(P(=S)(c2ccc(C)cc2)[C@](CNC(=O)c2ccccn2)(c2ccccc2)C(F)(F)F)cc1. The van der Waals surface area contributed by atoms with Crippen LogP contribution in [0.3, 0.4) is 0 Å². The van der Waals surface area contributed by atoms with E-state index in [0.717, 1.165) is 11.1 Å². The number of alkyl halides is 3. The Morgan fingerprint density at radius 2 is 1.32 bits per heavy atom. The van der Waals surface area contributed by atoms with Gasteiger partial charge in [-0.15, -0.1) is 0 Å². The Hall–Kier alpha value is -3.28. The molecule has 3 nitrogen and oxygen atoms in total. The maximum absolute atomic E-state index is 15.7. The summed E-state index contributed by atoms with van der Waals surface area (Å²) in [6, 6.07) is 22.6. The predicted molar refractivity (Wildman–Crippen MR) is 147 cm³/mol. The third kappa shape index (κ3) is 4.98. The number of carbonyl (C=O) groups is 1. The summed E-state index contributed by atoms with van der Waals surface area (Å²) in [4.78, 5) is 17.0. The number of nitrogens with one attached hydrogen (secondary N) is 1. The zero-order chi connectivity index (χ0) is 26.7. The van der Waals surface area contributed by atoms with Gasteiger partial charge in [-0.3, -0.25) is 9.78 Å². The van der Waals surface area contributed by atoms with Crippen LogP contribution < -0.4 is 15.9 Å². The average Bonchev–Trinajstić information content (AvgIpc) is 2.90. The molecule has 4 rings (SSSR count). The van der Waals surface area contributed by atoms with Crippen molar-refractivity contribution in [3.05, 3.63) is 126 Å². The molecule has 0 bridgehead atoms. The van der Waals surface area contributed by atoms with Gasteiger partial charge in [-0.1, -0.05) is 108 Å². The van der Waals surface area contributed by atoms with Crippen LogP contribution in [0.5, 0.6) is 0 Å². The largest absolute Gasteiger partial charge is 0.405 e. The number of benzene rings is 3. The molecule has 1 atom stereocenters. The number of nitrogens with zero attached hydrogens (tertiary/aromatic N) is 1. The normalized spacial score (nSPS) is 13.5. The van der Waals surface area contributed by atoms with Gasteiger partial charge in [0.05, 0.1) is 0 Å². The van der Waals surface area contributed by atoms with Crippen LogP contribution >= 0.6 is 6.04 Å². The monoisotopic (exact) mass is 538 g/mol. The zero-order valence-electron chi connectivity index (χ0n) is 20.4. The Morgan fingerprint density at radius 3 is 1.78 bits per heavy atom. The van der Waals surface area contributed by atoms with Gasteiger partial charge in [-0.2, -0.15) is 13.2 Å². The Labute approximate surface area is 219 Å². The van der Waals surface area contributed by atoms with E-state index in [1.807, 2.05) is 13.8 Å². The first kappa shape index (κ1) is 26.8.